The molecule has 1 unspecified atom stereocenters. The van der Waals surface area contributed by atoms with Crippen molar-refractivity contribution in [2.24, 2.45) is 0 Å². The first-order chi connectivity index (χ1) is 8.70. The standard InChI is InChI=1S/C17H27NO/c1-8-17(5,6)18(7)14(4)16(19)15-10-9-12(2)13(3)11-15/h9-11,14H,8H2,1-7H3. The molecule has 2 heteroatoms. The number of hydrogen-bond acceptors (Lipinski definition) is 2. The summed E-state index contributed by atoms with van der Waals surface area (Å²) in [6.45, 7) is 12.6. The number of ketones is 1. The van der Waals surface area contributed by atoms with Crippen molar-refractivity contribution in [2.75, 3.05) is 7.05 Å². The minimum absolute atomic E-state index is 0.0365. The van der Waals surface area contributed by atoms with Gasteiger partial charge in [-0.1, -0.05) is 19.1 Å². The van der Waals surface area contributed by atoms with E-state index in [0.29, 0.717) is 0 Å². The van der Waals surface area contributed by atoms with Crippen molar-refractivity contribution in [1.29, 1.82) is 0 Å². The maximum absolute atomic E-state index is 12.6. The molecular weight excluding hydrogens is 234 g/mol. The van der Waals surface area contributed by atoms with Crippen molar-refractivity contribution >= 4 is 5.78 Å². The Morgan fingerprint density at radius 1 is 1.26 bits per heavy atom. The SMILES string of the molecule is CCC(C)(C)N(C)C(C)C(=O)c1ccc(C)c(C)c1. The highest BCUT2D eigenvalue weighted by atomic mass is 16.1. The van der Waals surface area contributed by atoms with E-state index in [4.69, 9.17) is 0 Å². The van der Waals surface area contributed by atoms with Crippen molar-refractivity contribution in [1.82, 2.24) is 4.90 Å². The Kier molecular flexibility index (Phi) is 4.92. The first kappa shape index (κ1) is 15.9. The van der Waals surface area contributed by atoms with E-state index in [2.05, 4.69) is 39.5 Å². The highest BCUT2D eigenvalue weighted by molar-refractivity contribution is 6.00. The van der Waals surface area contributed by atoms with Crippen molar-refractivity contribution in [3.8, 4) is 0 Å². The van der Waals surface area contributed by atoms with Crippen LogP contribution in [-0.4, -0.2) is 29.3 Å². The topological polar surface area (TPSA) is 20.3 Å². The number of rotatable bonds is 5. The molecular formula is C17H27NO. The first-order valence-corrected chi connectivity index (χ1v) is 7.05. The van der Waals surface area contributed by atoms with Crippen LogP contribution in [0.5, 0.6) is 0 Å². The zero-order valence-corrected chi connectivity index (χ0v) is 13.4. The summed E-state index contributed by atoms with van der Waals surface area (Å²) < 4.78 is 0. The Morgan fingerprint density at radius 3 is 2.32 bits per heavy atom. The van der Waals surface area contributed by atoms with Crippen LogP contribution in [0.3, 0.4) is 0 Å². The maximum atomic E-state index is 12.6. The van der Waals surface area contributed by atoms with E-state index in [9.17, 15) is 4.79 Å². The van der Waals surface area contributed by atoms with Gasteiger partial charge in [0.2, 0.25) is 0 Å². The molecule has 0 aliphatic heterocycles. The largest absolute Gasteiger partial charge is 0.292 e. The van der Waals surface area contributed by atoms with Gasteiger partial charge in [-0.25, -0.2) is 0 Å². The predicted molar refractivity (Wildman–Crippen MR) is 81.8 cm³/mol. The second-order valence-electron chi connectivity index (χ2n) is 6.12. The lowest BCUT2D eigenvalue weighted by Gasteiger charge is -2.38. The normalized spacial score (nSPS) is 13.7. The summed E-state index contributed by atoms with van der Waals surface area (Å²) in [7, 11) is 2.03. The Bertz CT molecular complexity index is 462. The van der Waals surface area contributed by atoms with E-state index in [-0.39, 0.29) is 17.4 Å². The number of likely N-dealkylation sites (N-methyl/N-ethyl adjacent to an activating group) is 1. The lowest BCUT2D eigenvalue weighted by atomic mass is 9.94. The lowest BCUT2D eigenvalue weighted by Crippen LogP contribution is -2.49. The number of aryl methyl sites for hydroxylation is 2. The van der Waals surface area contributed by atoms with Crippen LogP contribution in [0, 0.1) is 13.8 Å². The lowest BCUT2D eigenvalue weighted by molar-refractivity contribution is 0.0677. The summed E-state index contributed by atoms with van der Waals surface area (Å²) >= 11 is 0. The highest BCUT2D eigenvalue weighted by Crippen LogP contribution is 2.22. The van der Waals surface area contributed by atoms with Crippen LogP contribution in [-0.2, 0) is 0 Å². The van der Waals surface area contributed by atoms with Crippen LogP contribution >= 0.6 is 0 Å². The van der Waals surface area contributed by atoms with Crippen molar-refractivity contribution in [2.45, 2.75) is 59.5 Å². The van der Waals surface area contributed by atoms with Crippen molar-refractivity contribution in [3.05, 3.63) is 34.9 Å². The fourth-order valence-corrected chi connectivity index (χ4v) is 2.09. The molecule has 0 heterocycles. The zero-order valence-electron chi connectivity index (χ0n) is 13.4. The number of Topliss-reactive ketones (excluding diaryl/α,β-unsaturated/α-hetero) is 1. The number of hydrogen-bond donors (Lipinski definition) is 0. The summed E-state index contributed by atoms with van der Waals surface area (Å²) in [5, 5.41) is 0. The van der Waals surface area contributed by atoms with E-state index in [1.807, 2.05) is 32.2 Å². The first-order valence-electron chi connectivity index (χ1n) is 7.05. The molecule has 1 aromatic carbocycles. The molecule has 0 amide bonds. The van der Waals surface area contributed by atoms with E-state index in [1.165, 1.54) is 11.1 Å². The second-order valence-corrected chi connectivity index (χ2v) is 6.12. The van der Waals surface area contributed by atoms with Gasteiger partial charge in [0, 0.05) is 11.1 Å². The molecule has 0 saturated carbocycles. The summed E-state index contributed by atoms with van der Waals surface area (Å²) in [6.07, 6.45) is 1.02. The van der Waals surface area contributed by atoms with Gasteiger partial charge in [0.25, 0.3) is 0 Å². The molecule has 0 fully saturated rings. The fourth-order valence-electron chi connectivity index (χ4n) is 2.09. The maximum Gasteiger partial charge on any atom is 0.179 e. The van der Waals surface area contributed by atoms with Crippen LogP contribution in [0.2, 0.25) is 0 Å². The molecule has 1 atom stereocenters. The van der Waals surface area contributed by atoms with Gasteiger partial charge in [-0.05, 0) is 65.3 Å². The van der Waals surface area contributed by atoms with Gasteiger partial charge in [0.1, 0.15) is 0 Å². The molecule has 1 rings (SSSR count). The number of carbonyl (C=O) groups is 1. The van der Waals surface area contributed by atoms with Gasteiger partial charge in [-0.2, -0.15) is 0 Å². The number of nitrogens with zero attached hydrogens (tertiary/aromatic N) is 1. The Morgan fingerprint density at radius 2 is 1.84 bits per heavy atom. The quantitative estimate of drug-likeness (QED) is 0.747. The molecule has 1 aromatic rings. The third kappa shape index (κ3) is 3.44. The van der Waals surface area contributed by atoms with Crippen LogP contribution in [0.1, 0.15) is 55.6 Å². The Hall–Kier alpha value is -1.15. The van der Waals surface area contributed by atoms with Gasteiger partial charge < -0.3 is 0 Å². The molecule has 0 aromatic heterocycles. The van der Waals surface area contributed by atoms with Gasteiger partial charge in [0.15, 0.2) is 5.78 Å². The van der Waals surface area contributed by atoms with Crippen LogP contribution < -0.4 is 0 Å². The predicted octanol–water partition coefficient (Wildman–Crippen LogP) is 4.00. The van der Waals surface area contributed by atoms with Gasteiger partial charge in [0.05, 0.1) is 6.04 Å². The average molecular weight is 261 g/mol. The van der Waals surface area contributed by atoms with E-state index >= 15 is 0 Å². The van der Waals surface area contributed by atoms with Gasteiger partial charge >= 0.3 is 0 Å². The molecule has 2 nitrogen and oxygen atoms in total. The molecule has 0 N–H and O–H groups in total. The van der Waals surface area contributed by atoms with Crippen molar-refractivity contribution < 1.29 is 4.79 Å². The fraction of sp³-hybridized carbons (Fsp3) is 0.588. The van der Waals surface area contributed by atoms with E-state index in [1.54, 1.807) is 0 Å². The van der Waals surface area contributed by atoms with Crippen LogP contribution in [0.25, 0.3) is 0 Å². The molecule has 0 bridgehead atoms. The second kappa shape index (κ2) is 5.87. The van der Waals surface area contributed by atoms with Crippen molar-refractivity contribution in [3.63, 3.8) is 0 Å². The molecule has 0 aliphatic carbocycles. The summed E-state index contributed by atoms with van der Waals surface area (Å²) in [5.74, 6) is 0.201. The Labute approximate surface area is 117 Å². The minimum atomic E-state index is -0.0999. The van der Waals surface area contributed by atoms with Crippen LogP contribution in [0.4, 0.5) is 0 Å². The summed E-state index contributed by atoms with van der Waals surface area (Å²) in [5.41, 5.74) is 3.26. The number of carbonyl (C=O) groups excluding carboxylic acids is 1. The molecule has 19 heavy (non-hydrogen) atoms. The van der Waals surface area contributed by atoms with Gasteiger partial charge in [-0.3, -0.25) is 9.69 Å². The van der Waals surface area contributed by atoms with E-state index < -0.39 is 0 Å². The summed E-state index contributed by atoms with van der Waals surface area (Å²) in [6, 6.07) is 5.87. The Balaban J connectivity index is 2.96. The zero-order chi connectivity index (χ0) is 14.8. The molecule has 106 valence electrons. The minimum Gasteiger partial charge on any atom is -0.292 e. The highest BCUT2D eigenvalue weighted by Gasteiger charge is 2.29. The van der Waals surface area contributed by atoms with Gasteiger partial charge in [-0.15, -0.1) is 0 Å². The number of benzene rings is 1. The monoisotopic (exact) mass is 261 g/mol. The third-order valence-electron chi connectivity index (χ3n) is 4.57. The van der Waals surface area contributed by atoms with E-state index in [0.717, 1.165) is 12.0 Å². The molecule has 0 spiro atoms. The molecule has 0 radical (unpaired) electrons. The van der Waals surface area contributed by atoms with Crippen LogP contribution in [0.15, 0.2) is 18.2 Å². The molecule has 0 aliphatic rings. The third-order valence-corrected chi connectivity index (χ3v) is 4.57. The smallest absolute Gasteiger partial charge is 0.179 e. The average Bonchev–Trinajstić information content (AvgIpc) is 2.39. The molecule has 0 saturated heterocycles. The summed E-state index contributed by atoms with van der Waals surface area (Å²) in [4.78, 5) is 14.7.